The van der Waals surface area contributed by atoms with Crippen LogP contribution >= 0.6 is 11.3 Å². The number of fused-ring (bicyclic) bond motifs is 1. The number of thiazole rings is 1. The summed E-state index contributed by atoms with van der Waals surface area (Å²) in [5.41, 5.74) is 2.25. The Bertz CT molecular complexity index is 550. The second kappa shape index (κ2) is 5.14. The van der Waals surface area contributed by atoms with E-state index in [0.717, 1.165) is 10.6 Å². The van der Waals surface area contributed by atoms with E-state index in [2.05, 4.69) is 35.4 Å². The van der Waals surface area contributed by atoms with Crippen molar-refractivity contribution in [3.8, 4) is 0 Å². The number of anilines is 1. The third-order valence-corrected chi connectivity index (χ3v) is 4.94. The molecule has 0 aliphatic carbocycles. The molecule has 5 heteroatoms. The molecule has 1 aromatic heterocycles. The number of hydrogen-bond donors (Lipinski definition) is 1. The van der Waals surface area contributed by atoms with Crippen LogP contribution in [0.4, 0.5) is 5.13 Å². The van der Waals surface area contributed by atoms with Crippen LogP contribution < -0.4 is 5.32 Å². The molecule has 1 N–H and O–H groups in total. The molecule has 0 spiro atoms. The molecule has 0 aliphatic heterocycles. The van der Waals surface area contributed by atoms with E-state index in [-0.39, 0.29) is 5.25 Å². The molecule has 0 fully saturated rings. The first-order valence-electron chi connectivity index (χ1n) is 5.49. The quantitative estimate of drug-likeness (QED) is 0.927. The summed E-state index contributed by atoms with van der Waals surface area (Å²) < 4.78 is 12.4. The first kappa shape index (κ1) is 12.5. The number of hydrogen-bond acceptors (Lipinski definition) is 4. The van der Waals surface area contributed by atoms with E-state index < -0.39 is 10.8 Å². The number of nitrogens with zero attached hydrogens (tertiary/aromatic N) is 1. The van der Waals surface area contributed by atoms with Crippen LogP contribution in [-0.2, 0) is 10.8 Å². The first-order chi connectivity index (χ1) is 8.06. The minimum absolute atomic E-state index is 0.142. The lowest BCUT2D eigenvalue weighted by molar-refractivity contribution is 0.679. The zero-order valence-corrected chi connectivity index (χ0v) is 11.8. The Morgan fingerprint density at radius 3 is 3.00 bits per heavy atom. The smallest absolute Gasteiger partial charge is 0.183 e. The van der Waals surface area contributed by atoms with Gasteiger partial charge in [-0.1, -0.05) is 17.4 Å². The molecule has 2 rings (SSSR count). The summed E-state index contributed by atoms with van der Waals surface area (Å²) in [7, 11) is -0.791. The number of aryl methyl sites for hydroxylation is 1. The summed E-state index contributed by atoms with van der Waals surface area (Å²) in [4.78, 5) is 4.51. The summed E-state index contributed by atoms with van der Waals surface area (Å²) in [6, 6.07) is 6.27. The zero-order valence-electron chi connectivity index (χ0n) is 10.2. The Kier molecular flexibility index (Phi) is 3.79. The van der Waals surface area contributed by atoms with Crippen molar-refractivity contribution in [1.82, 2.24) is 4.98 Å². The van der Waals surface area contributed by atoms with Crippen LogP contribution in [0.1, 0.15) is 12.5 Å². The highest BCUT2D eigenvalue weighted by molar-refractivity contribution is 7.84. The Morgan fingerprint density at radius 2 is 2.29 bits per heavy atom. The zero-order chi connectivity index (χ0) is 12.4. The SMILES string of the molecule is Cc1ccc2sc(NCC(C)S(C)=O)nc2c1. The third-order valence-electron chi connectivity index (χ3n) is 2.65. The van der Waals surface area contributed by atoms with Crippen LogP contribution in [0.3, 0.4) is 0 Å². The van der Waals surface area contributed by atoms with Crippen LogP contribution in [-0.4, -0.2) is 27.2 Å². The van der Waals surface area contributed by atoms with Crippen molar-refractivity contribution in [1.29, 1.82) is 0 Å². The summed E-state index contributed by atoms with van der Waals surface area (Å²) in [5.74, 6) is 0. The van der Waals surface area contributed by atoms with Crippen molar-refractivity contribution >= 4 is 37.5 Å². The second-order valence-electron chi connectivity index (χ2n) is 4.18. The van der Waals surface area contributed by atoms with Gasteiger partial charge >= 0.3 is 0 Å². The highest BCUT2D eigenvalue weighted by Crippen LogP contribution is 2.26. The molecule has 1 heterocycles. The summed E-state index contributed by atoms with van der Waals surface area (Å²) in [6.07, 6.45) is 1.73. The molecule has 2 atom stereocenters. The van der Waals surface area contributed by atoms with Gasteiger partial charge in [-0.15, -0.1) is 0 Å². The minimum atomic E-state index is -0.791. The molecule has 2 aromatic rings. The summed E-state index contributed by atoms with van der Waals surface area (Å²) in [6.45, 7) is 4.73. The number of aromatic nitrogens is 1. The lowest BCUT2D eigenvalue weighted by Crippen LogP contribution is -2.20. The molecule has 17 heavy (non-hydrogen) atoms. The number of benzene rings is 1. The van der Waals surface area contributed by atoms with Crippen molar-refractivity contribution in [2.24, 2.45) is 0 Å². The molecule has 0 aliphatic rings. The molecular formula is C12H16N2OS2. The van der Waals surface area contributed by atoms with Crippen molar-refractivity contribution in [3.63, 3.8) is 0 Å². The highest BCUT2D eigenvalue weighted by atomic mass is 32.2. The van der Waals surface area contributed by atoms with Gasteiger partial charge < -0.3 is 5.32 Å². The Labute approximate surface area is 108 Å². The monoisotopic (exact) mass is 268 g/mol. The number of rotatable bonds is 4. The van der Waals surface area contributed by atoms with Crippen molar-refractivity contribution < 1.29 is 4.21 Å². The average Bonchev–Trinajstić information content (AvgIpc) is 2.67. The van der Waals surface area contributed by atoms with Gasteiger partial charge in [-0.3, -0.25) is 4.21 Å². The number of nitrogens with one attached hydrogen (secondary N) is 1. The van der Waals surface area contributed by atoms with Gasteiger partial charge in [0.1, 0.15) is 0 Å². The normalized spacial score (nSPS) is 14.8. The largest absolute Gasteiger partial charge is 0.360 e. The van der Waals surface area contributed by atoms with E-state index >= 15 is 0 Å². The van der Waals surface area contributed by atoms with Gasteiger partial charge in [0.05, 0.1) is 10.2 Å². The van der Waals surface area contributed by atoms with E-state index in [0.29, 0.717) is 6.54 Å². The van der Waals surface area contributed by atoms with Gasteiger partial charge in [0.15, 0.2) is 5.13 Å². The fourth-order valence-corrected chi connectivity index (χ4v) is 2.63. The molecule has 0 saturated carbocycles. The summed E-state index contributed by atoms with van der Waals surface area (Å²) >= 11 is 1.64. The Hall–Kier alpha value is -0.940. The second-order valence-corrected chi connectivity index (χ2v) is 7.01. The van der Waals surface area contributed by atoms with Crippen LogP contribution in [0.15, 0.2) is 18.2 Å². The molecule has 0 bridgehead atoms. The Morgan fingerprint density at radius 1 is 1.53 bits per heavy atom. The van der Waals surface area contributed by atoms with E-state index in [9.17, 15) is 4.21 Å². The fraction of sp³-hybridized carbons (Fsp3) is 0.417. The predicted molar refractivity (Wildman–Crippen MR) is 76.4 cm³/mol. The topological polar surface area (TPSA) is 42.0 Å². The maximum atomic E-state index is 11.2. The molecule has 2 unspecified atom stereocenters. The minimum Gasteiger partial charge on any atom is -0.360 e. The molecular weight excluding hydrogens is 252 g/mol. The first-order valence-corrected chi connectivity index (χ1v) is 7.93. The molecule has 1 aromatic carbocycles. The molecule has 0 amide bonds. The van der Waals surface area contributed by atoms with Crippen LogP contribution in [0.25, 0.3) is 10.2 Å². The summed E-state index contributed by atoms with van der Waals surface area (Å²) in [5, 5.41) is 4.30. The molecule has 3 nitrogen and oxygen atoms in total. The average molecular weight is 268 g/mol. The van der Waals surface area contributed by atoms with Crippen LogP contribution in [0.5, 0.6) is 0 Å². The fourth-order valence-electron chi connectivity index (χ4n) is 1.46. The van der Waals surface area contributed by atoms with E-state index in [1.165, 1.54) is 10.3 Å². The Balaban J connectivity index is 2.12. The van der Waals surface area contributed by atoms with Gasteiger partial charge in [-0.25, -0.2) is 4.98 Å². The van der Waals surface area contributed by atoms with Gasteiger partial charge in [-0.2, -0.15) is 0 Å². The van der Waals surface area contributed by atoms with Gasteiger partial charge in [0.25, 0.3) is 0 Å². The van der Waals surface area contributed by atoms with Crippen molar-refractivity contribution in [2.45, 2.75) is 19.1 Å². The maximum Gasteiger partial charge on any atom is 0.183 e. The van der Waals surface area contributed by atoms with Gasteiger partial charge in [-0.05, 0) is 31.5 Å². The van der Waals surface area contributed by atoms with E-state index in [1.807, 2.05) is 6.92 Å². The van der Waals surface area contributed by atoms with Crippen molar-refractivity contribution in [3.05, 3.63) is 23.8 Å². The van der Waals surface area contributed by atoms with Gasteiger partial charge in [0, 0.05) is 28.9 Å². The highest BCUT2D eigenvalue weighted by Gasteiger charge is 2.08. The maximum absolute atomic E-state index is 11.2. The van der Waals surface area contributed by atoms with Gasteiger partial charge in [0.2, 0.25) is 0 Å². The third kappa shape index (κ3) is 3.04. The standard InChI is InChI=1S/C12H16N2OS2/c1-8-4-5-11-10(6-8)14-12(16-11)13-7-9(2)17(3)15/h4-6,9H,7H2,1-3H3,(H,13,14). The van der Waals surface area contributed by atoms with Crippen LogP contribution in [0.2, 0.25) is 0 Å². The lowest BCUT2D eigenvalue weighted by Gasteiger charge is -2.07. The van der Waals surface area contributed by atoms with E-state index in [4.69, 9.17) is 0 Å². The van der Waals surface area contributed by atoms with Crippen LogP contribution in [0, 0.1) is 6.92 Å². The molecule has 0 radical (unpaired) electrons. The molecule has 0 saturated heterocycles. The molecule has 92 valence electrons. The predicted octanol–water partition coefficient (Wildman–Crippen LogP) is 2.78. The van der Waals surface area contributed by atoms with E-state index in [1.54, 1.807) is 17.6 Å². The lowest BCUT2D eigenvalue weighted by atomic mass is 10.2. The van der Waals surface area contributed by atoms with Crippen molar-refractivity contribution in [2.75, 3.05) is 18.1 Å².